The van der Waals surface area contributed by atoms with E-state index in [0.717, 1.165) is 61.9 Å². The van der Waals surface area contributed by atoms with Gasteiger partial charge in [-0.1, -0.05) is 78.9 Å². The van der Waals surface area contributed by atoms with Crippen LogP contribution in [0.3, 0.4) is 0 Å². The topological polar surface area (TPSA) is 67.2 Å². The van der Waals surface area contributed by atoms with Crippen LogP contribution in [0.5, 0.6) is 0 Å². The van der Waals surface area contributed by atoms with E-state index in [4.69, 9.17) is 0 Å². The van der Waals surface area contributed by atoms with Crippen LogP contribution in [0.4, 0.5) is 34.1 Å². The third kappa shape index (κ3) is 6.26. The fourth-order valence-electron chi connectivity index (χ4n) is 5.33. The smallest absolute Gasteiger partial charge is 0.0681 e. The Hall–Kier alpha value is -5.20. The van der Waals surface area contributed by atoms with Gasteiger partial charge in [0, 0.05) is 34.1 Å². The molecule has 0 aliphatic carbocycles. The van der Waals surface area contributed by atoms with E-state index in [1.165, 1.54) is 0 Å². The highest BCUT2D eigenvalue weighted by atomic mass is 16.3. The largest absolute Gasteiger partial charge is 0.392 e. The molecule has 6 aromatic carbocycles. The highest BCUT2D eigenvalue weighted by Gasteiger charge is 2.15. The summed E-state index contributed by atoms with van der Waals surface area (Å²) < 4.78 is 0. The average Bonchev–Trinajstić information content (AvgIpc) is 3.10. The van der Waals surface area contributed by atoms with Crippen LogP contribution in [0.1, 0.15) is 16.7 Å². The zero-order valence-corrected chi connectivity index (χ0v) is 24.3. The molecule has 44 heavy (non-hydrogen) atoms. The van der Waals surface area contributed by atoms with Crippen molar-refractivity contribution >= 4 is 34.1 Å². The molecule has 0 unspecified atom stereocenters. The van der Waals surface area contributed by atoms with Crippen molar-refractivity contribution in [2.75, 3.05) is 9.80 Å². The van der Waals surface area contributed by atoms with Crippen molar-refractivity contribution in [1.29, 1.82) is 0 Å². The van der Waals surface area contributed by atoms with Crippen LogP contribution in [0.25, 0.3) is 11.1 Å². The molecular weight excluding hydrogens is 544 g/mol. The van der Waals surface area contributed by atoms with Crippen molar-refractivity contribution in [3.63, 3.8) is 0 Å². The Morgan fingerprint density at radius 2 is 0.545 bits per heavy atom. The molecule has 0 aliphatic heterocycles. The van der Waals surface area contributed by atoms with Crippen molar-refractivity contribution in [2.24, 2.45) is 0 Å². The molecule has 0 heterocycles. The monoisotopic (exact) mass is 578 g/mol. The van der Waals surface area contributed by atoms with Crippen molar-refractivity contribution in [3.05, 3.63) is 168 Å². The molecule has 0 bridgehead atoms. The second-order valence-corrected chi connectivity index (χ2v) is 10.6. The van der Waals surface area contributed by atoms with Crippen molar-refractivity contribution in [3.8, 4) is 11.1 Å². The number of rotatable bonds is 10. The third-order valence-corrected chi connectivity index (χ3v) is 7.73. The maximum absolute atomic E-state index is 9.53. The number of hydrogen-bond acceptors (Lipinski definition) is 5. The summed E-state index contributed by atoms with van der Waals surface area (Å²) >= 11 is 0. The van der Waals surface area contributed by atoms with E-state index in [2.05, 4.69) is 70.5 Å². The standard InChI is InChI=1S/C39H34N2O3/c42-26-29-6-16-35(17-7-29)40(34-4-2-1-3-5-34)38-22-12-32(13-23-38)33-14-24-39(25-15-33)41(36-18-8-30(27-43)9-19-36)37-20-10-31(28-44)11-21-37/h1-25,42-44H,26-28H2. The molecular formula is C39H34N2O3. The van der Waals surface area contributed by atoms with Crippen LogP contribution in [-0.4, -0.2) is 15.3 Å². The first-order chi connectivity index (χ1) is 21.7. The number of aliphatic hydroxyl groups excluding tert-OH is 3. The van der Waals surface area contributed by atoms with Gasteiger partial charge in [0.2, 0.25) is 0 Å². The quantitative estimate of drug-likeness (QED) is 0.152. The summed E-state index contributed by atoms with van der Waals surface area (Å²) in [4.78, 5) is 4.37. The van der Waals surface area contributed by atoms with Crippen LogP contribution in [0.2, 0.25) is 0 Å². The average molecular weight is 579 g/mol. The van der Waals surface area contributed by atoms with Gasteiger partial charge >= 0.3 is 0 Å². The van der Waals surface area contributed by atoms with Gasteiger partial charge in [-0.05, 0) is 101 Å². The molecule has 0 saturated carbocycles. The first kappa shape index (κ1) is 28.9. The molecule has 0 aliphatic rings. The first-order valence-corrected chi connectivity index (χ1v) is 14.6. The summed E-state index contributed by atoms with van der Waals surface area (Å²) in [6.45, 7) is 0.0129. The zero-order valence-electron chi connectivity index (χ0n) is 24.3. The Balaban J connectivity index is 1.30. The van der Waals surface area contributed by atoms with E-state index >= 15 is 0 Å². The number of nitrogens with zero attached hydrogens (tertiary/aromatic N) is 2. The number of benzene rings is 6. The first-order valence-electron chi connectivity index (χ1n) is 14.6. The lowest BCUT2D eigenvalue weighted by molar-refractivity contribution is 0.281. The number of aliphatic hydroxyl groups is 3. The summed E-state index contributed by atoms with van der Waals surface area (Å²) in [5.41, 5.74) is 10.9. The van der Waals surface area contributed by atoms with E-state index in [1.54, 1.807) is 0 Å². The van der Waals surface area contributed by atoms with Gasteiger partial charge in [0.05, 0.1) is 19.8 Å². The van der Waals surface area contributed by atoms with E-state index in [-0.39, 0.29) is 19.8 Å². The van der Waals surface area contributed by atoms with E-state index < -0.39 is 0 Å². The molecule has 6 rings (SSSR count). The highest BCUT2D eigenvalue weighted by Crippen LogP contribution is 2.38. The predicted octanol–water partition coefficient (Wildman–Crippen LogP) is 8.77. The molecule has 218 valence electrons. The van der Waals surface area contributed by atoms with E-state index in [1.807, 2.05) is 91.0 Å². The fourth-order valence-corrected chi connectivity index (χ4v) is 5.33. The second-order valence-electron chi connectivity index (χ2n) is 10.6. The van der Waals surface area contributed by atoms with Gasteiger partial charge in [0.1, 0.15) is 0 Å². The van der Waals surface area contributed by atoms with Crippen LogP contribution in [0.15, 0.2) is 152 Å². The molecule has 0 spiro atoms. The molecule has 6 aromatic rings. The molecule has 0 fully saturated rings. The molecule has 0 atom stereocenters. The van der Waals surface area contributed by atoms with Crippen LogP contribution >= 0.6 is 0 Å². The Morgan fingerprint density at radius 3 is 0.818 bits per heavy atom. The van der Waals surface area contributed by atoms with Gasteiger partial charge in [-0.3, -0.25) is 0 Å². The SMILES string of the molecule is OCc1ccc(N(c2ccccc2)c2ccc(-c3ccc(N(c4ccc(CO)cc4)c4ccc(CO)cc4)cc3)cc2)cc1. The number of para-hydroxylation sites is 1. The van der Waals surface area contributed by atoms with Gasteiger partial charge in [0.25, 0.3) is 0 Å². The van der Waals surface area contributed by atoms with Crippen LogP contribution < -0.4 is 9.80 Å². The van der Waals surface area contributed by atoms with Crippen molar-refractivity contribution in [1.82, 2.24) is 0 Å². The van der Waals surface area contributed by atoms with Crippen molar-refractivity contribution in [2.45, 2.75) is 19.8 Å². The summed E-state index contributed by atoms with van der Waals surface area (Å²) in [6.07, 6.45) is 0. The lowest BCUT2D eigenvalue weighted by Gasteiger charge is -2.26. The van der Waals surface area contributed by atoms with Gasteiger partial charge < -0.3 is 25.1 Å². The Labute approximate surface area is 258 Å². The Morgan fingerprint density at radius 1 is 0.295 bits per heavy atom. The summed E-state index contributed by atoms with van der Waals surface area (Å²) in [5, 5.41) is 28.6. The third-order valence-electron chi connectivity index (χ3n) is 7.73. The molecule has 3 N–H and O–H groups in total. The highest BCUT2D eigenvalue weighted by molar-refractivity contribution is 5.80. The molecule has 0 aromatic heterocycles. The summed E-state index contributed by atoms with van der Waals surface area (Å²) in [5.74, 6) is 0. The predicted molar refractivity (Wildman–Crippen MR) is 179 cm³/mol. The molecule has 0 amide bonds. The van der Waals surface area contributed by atoms with Gasteiger partial charge in [-0.2, -0.15) is 0 Å². The molecule has 5 nitrogen and oxygen atoms in total. The van der Waals surface area contributed by atoms with E-state index in [0.29, 0.717) is 0 Å². The number of hydrogen-bond donors (Lipinski definition) is 3. The molecule has 5 heteroatoms. The lowest BCUT2D eigenvalue weighted by atomic mass is 10.0. The Bertz CT molecular complexity index is 1720. The van der Waals surface area contributed by atoms with Gasteiger partial charge in [-0.25, -0.2) is 0 Å². The lowest BCUT2D eigenvalue weighted by Crippen LogP contribution is -2.10. The van der Waals surface area contributed by atoms with Gasteiger partial charge in [0.15, 0.2) is 0 Å². The molecule has 0 saturated heterocycles. The maximum Gasteiger partial charge on any atom is 0.0681 e. The zero-order chi connectivity index (χ0) is 30.3. The number of anilines is 6. The summed E-state index contributed by atoms with van der Waals surface area (Å²) in [6, 6.07) is 51.0. The molecule has 0 radical (unpaired) electrons. The maximum atomic E-state index is 9.53. The van der Waals surface area contributed by atoms with Crippen LogP contribution in [0, 0.1) is 0 Å². The van der Waals surface area contributed by atoms with Crippen molar-refractivity contribution < 1.29 is 15.3 Å². The summed E-state index contributed by atoms with van der Waals surface area (Å²) in [7, 11) is 0. The second kappa shape index (κ2) is 13.4. The fraction of sp³-hybridized carbons (Fsp3) is 0.0769. The minimum Gasteiger partial charge on any atom is -0.392 e. The van der Waals surface area contributed by atoms with E-state index in [9.17, 15) is 15.3 Å². The normalized spacial score (nSPS) is 10.9. The van der Waals surface area contributed by atoms with Crippen LogP contribution in [-0.2, 0) is 19.8 Å². The Kier molecular flexibility index (Phi) is 8.80. The minimum absolute atomic E-state index is 0.00192. The van der Waals surface area contributed by atoms with Gasteiger partial charge in [-0.15, -0.1) is 0 Å². The minimum atomic E-state index is -0.00192.